The van der Waals surface area contributed by atoms with Gasteiger partial charge in [-0.15, -0.1) is 23.7 Å². The highest BCUT2D eigenvalue weighted by molar-refractivity contribution is 7.15. The van der Waals surface area contributed by atoms with Crippen molar-refractivity contribution < 1.29 is 4.39 Å². The van der Waals surface area contributed by atoms with Crippen LogP contribution in [0.1, 0.15) is 47.9 Å². The summed E-state index contributed by atoms with van der Waals surface area (Å²) in [6, 6.07) is 3.67. The van der Waals surface area contributed by atoms with Gasteiger partial charge in [-0.05, 0) is 49.9 Å². The average molecular weight is 408 g/mol. The molecule has 3 heterocycles. The van der Waals surface area contributed by atoms with Crippen LogP contribution in [0.3, 0.4) is 0 Å². The van der Waals surface area contributed by atoms with E-state index in [1.54, 1.807) is 15.9 Å². The zero-order valence-corrected chi connectivity index (χ0v) is 16.5. The summed E-state index contributed by atoms with van der Waals surface area (Å²) in [5.74, 6) is -0.415. The summed E-state index contributed by atoms with van der Waals surface area (Å²) in [5.41, 5.74) is 2.00. The third-order valence-electron chi connectivity index (χ3n) is 5.46. The Bertz CT molecular complexity index is 1190. The lowest BCUT2D eigenvalue weighted by atomic mass is 10.0. The summed E-state index contributed by atoms with van der Waals surface area (Å²) in [6.07, 6.45) is 1.81. The van der Waals surface area contributed by atoms with Crippen LogP contribution in [0.25, 0.3) is 21.3 Å². The molecule has 5 nitrogen and oxygen atoms in total. The van der Waals surface area contributed by atoms with Crippen LogP contribution in [0, 0.1) is 12.7 Å². The average Bonchev–Trinajstić information content (AvgIpc) is 3.24. The molecule has 1 aliphatic heterocycles. The van der Waals surface area contributed by atoms with Gasteiger partial charge in [0.25, 0.3) is 5.56 Å². The Kier molecular flexibility index (Phi) is 4.29. The van der Waals surface area contributed by atoms with E-state index in [-0.39, 0.29) is 29.9 Å². The Morgan fingerprint density at radius 2 is 2.00 bits per heavy atom. The molecule has 0 saturated heterocycles. The van der Waals surface area contributed by atoms with E-state index in [1.807, 2.05) is 13.0 Å². The number of hydrogen-bond acceptors (Lipinski definition) is 4. The molecule has 0 amide bonds. The lowest BCUT2D eigenvalue weighted by Crippen LogP contribution is -2.30. The van der Waals surface area contributed by atoms with Crippen molar-refractivity contribution in [1.29, 1.82) is 0 Å². The quantitative estimate of drug-likeness (QED) is 0.679. The molecular weight excluding hydrogens is 389 g/mol. The predicted octanol–water partition coefficient (Wildman–Crippen LogP) is 3.79. The van der Waals surface area contributed by atoms with E-state index < -0.39 is 17.1 Å². The van der Waals surface area contributed by atoms with E-state index in [9.17, 15) is 9.59 Å². The molecule has 27 heavy (non-hydrogen) atoms. The molecular formula is C19H19ClFN3O2S. The Labute approximate surface area is 164 Å². The first-order valence-corrected chi connectivity index (χ1v) is 9.61. The number of nitrogens with one attached hydrogen (secondary N) is 2. The molecule has 1 aliphatic carbocycles. The van der Waals surface area contributed by atoms with Crippen LogP contribution in [-0.2, 0) is 6.54 Å². The van der Waals surface area contributed by atoms with E-state index in [4.69, 9.17) is 0 Å². The van der Waals surface area contributed by atoms with Crippen molar-refractivity contribution >= 4 is 34.6 Å². The zero-order valence-electron chi connectivity index (χ0n) is 14.9. The molecule has 2 aliphatic rings. The maximum Gasteiger partial charge on any atom is 0.329 e. The van der Waals surface area contributed by atoms with Crippen LogP contribution in [0.2, 0.25) is 0 Å². The number of benzene rings is 1. The number of fused-ring (bicyclic) bond motifs is 2. The predicted molar refractivity (Wildman–Crippen MR) is 108 cm³/mol. The molecule has 142 valence electrons. The Morgan fingerprint density at radius 1 is 1.26 bits per heavy atom. The van der Waals surface area contributed by atoms with E-state index in [1.165, 1.54) is 16.5 Å². The second-order valence-electron chi connectivity index (χ2n) is 7.21. The van der Waals surface area contributed by atoms with Crippen LogP contribution < -0.4 is 16.6 Å². The molecule has 0 spiro atoms. The lowest BCUT2D eigenvalue weighted by Gasteiger charge is -2.14. The number of aromatic amines is 1. The number of aryl methyl sites for hydroxylation is 1. The smallest absolute Gasteiger partial charge is 0.305 e. The molecule has 8 heteroatoms. The van der Waals surface area contributed by atoms with Gasteiger partial charge in [0.1, 0.15) is 5.82 Å². The van der Waals surface area contributed by atoms with Gasteiger partial charge in [-0.2, -0.15) is 0 Å². The lowest BCUT2D eigenvalue weighted by molar-refractivity contribution is 0.629. The molecule has 1 unspecified atom stereocenters. The molecule has 0 bridgehead atoms. The van der Waals surface area contributed by atoms with Gasteiger partial charge in [0.15, 0.2) is 0 Å². The minimum absolute atomic E-state index is 0. The number of halogens is 2. The van der Waals surface area contributed by atoms with E-state index in [0.29, 0.717) is 16.6 Å². The van der Waals surface area contributed by atoms with Gasteiger partial charge < -0.3 is 5.32 Å². The largest absolute Gasteiger partial charge is 0.329 e. The first-order valence-electron chi connectivity index (χ1n) is 8.79. The SMILES string of the molecule is Cc1c(-c2cc3c(s2)CNC3C)c(F)cc2c(=O)[nH]c(=O)n(C3CC3)c12.Cl. The molecule has 3 aromatic rings. The molecule has 1 fully saturated rings. The van der Waals surface area contributed by atoms with Crippen molar-refractivity contribution in [1.82, 2.24) is 14.9 Å². The van der Waals surface area contributed by atoms with Crippen LogP contribution in [0.15, 0.2) is 21.7 Å². The molecule has 5 rings (SSSR count). The monoisotopic (exact) mass is 407 g/mol. The summed E-state index contributed by atoms with van der Waals surface area (Å²) >= 11 is 1.58. The molecule has 1 atom stereocenters. The Hall–Kier alpha value is -1.96. The first kappa shape index (κ1) is 18.4. The van der Waals surface area contributed by atoms with Crippen molar-refractivity contribution in [2.75, 3.05) is 0 Å². The highest BCUT2D eigenvalue weighted by atomic mass is 35.5. The molecule has 1 aromatic carbocycles. The van der Waals surface area contributed by atoms with Gasteiger partial charge in [-0.25, -0.2) is 9.18 Å². The van der Waals surface area contributed by atoms with Crippen molar-refractivity contribution in [2.24, 2.45) is 0 Å². The maximum absolute atomic E-state index is 15.0. The second kappa shape index (κ2) is 6.29. The van der Waals surface area contributed by atoms with Gasteiger partial charge in [0.05, 0.1) is 10.9 Å². The fourth-order valence-corrected chi connectivity index (χ4v) is 5.30. The Morgan fingerprint density at radius 3 is 2.67 bits per heavy atom. The van der Waals surface area contributed by atoms with Crippen LogP contribution >= 0.6 is 23.7 Å². The minimum Gasteiger partial charge on any atom is -0.305 e. The van der Waals surface area contributed by atoms with Gasteiger partial charge in [-0.3, -0.25) is 14.3 Å². The summed E-state index contributed by atoms with van der Waals surface area (Å²) in [5, 5.41) is 3.62. The number of nitrogens with zero attached hydrogens (tertiary/aromatic N) is 1. The molecule has 2 aromatic heterocycles. The number of thiophene rings is 1. The minimum atomic E-state index is -0.526. The van der Waals surface area contributed by atoms with Gasteiger partial charge in [0.2, 0.25) is 0 Å². The van der Waals surface area contributed by atoms with E-state index in [0.717, 1.165) is 24.3 Å². The zero-order chi connectivity index (χ0) is 18.2. The number of aromatic nitrogens is 2. The third kappa shape index (κ3) is 2.68. The first-order chi connectivity index (χ1) is 12.5. The summed E-state index contributed by atoms with van der Waals surface area (Å²) in [7, 11) is 0. The van der Waals surface area contributed by atoms with Crippen LogP contribution in [-0.4, -0.2) is 9.55 Å². The summed E-state index contributed by atoms with van der Waals surface area (Å²) < 4.78 is 16.6. The third-order valence-corrected chi connectivity index (χ3v) is 6.62. The van der Waals surface area contributed by atoms with Crippen molar-refractivity contribution in [3.8, 4) is 10.4 Å². The van der Waals surface area contributed by atoms with Crippen LogP contribution in [0.4, 0.5) is 4.39 Å². The molecule has 1 saturated carbocycles. The fraction of sp³-hybridized carbons (Fsp3) is 0.368. The van der Waals surface area contributed by atoms with Crippen molar-refractivity contribution in [3.63, 3.8) is 0 Å². The maximum atomic E-state index is 15.0. The molecule has 2 N–H and O–H groups in total. The number of rotatable bonds is 2. The normalized spacial score (nSPS) is 18.6. The fourth-order valence-electron chi connectivity index (χ4n) is 3.99. The Balaban J connectivity index is 0.00000180. The summed E-state index contributed by atoms with van der Waals surface area (Å²) in [4.78, 5) is 29.1. The number of hydrogen-bond donors (Lipinski definition) is 2. The highest BCUT2D eigenvalue weighted by Crippen LogP contribution is 2.42. The number of H-pyrrole nitrogens is 1. The van der Waals surface area contributed by atoms with Gasteiger partial charge >= 0.3 is 5.69 Å². The summed E-state index contributed by atoms with van der Waals surface area (Å²) in [6.45, 7) is 4.70. The van der Waals surface area contributed by atoms with E-state index in [2.05, 4.69) is 17.2 Å². The standard InChI is InChI=1S/C19H18FN3O2S.ClH/c1-8-16(14-6-11-9(2)21-7-15(11)26-14)13(20)5-12-17(8)23(10-3-4-10)19(25)22-18(12)24;/h5-6,9-10,21H,3-4,7H2,1-2H3,(H,22,24,25);1H. The van der Waals surface area contributed by atoms with Gasteiger partial charge in [0, 0.05) is 33.9 Å². The highest BCUT2D eigenvalue weighted by Gasteiger charge is 2.30. The van der Waals surface area contributed by atoms with E-state index >= 15 is 4.39 Å². The van der Waals surface area contributed by atoms with Gasteiger partial charge in [-0.1, -0.05) is 0 Å². The van der Waals surface area contributed by atoms with Crippen LogP contribution in [0.5, 0.6) is 0 Å². The topological polar surface area (TPSA) is 66.9 Å². The second-order valence-corrected chi connectivity index (χ2v) is 8.34. The van der Waals surface area contributed by atoms with Crippen molar-refractivity contribution in [2.45, 2.75) is 45.3 Å². The van der Waals surface area contributed by atoms with Crippen molar-refractivity contribution in [3.05, 3.63) is 54.8 Å². The molecule has 0 radical (unpaired) electrons.